The third kappa shape index (κ3) is 4.70. The van der Waals surface area contributed by atoms with E-state index in [1.54, 1.807) is 12.1 Å². The van der Waals surface area contributed by atoms with E-state index in [0.29, 0.717) is 19.0 Å². The highest BCUT2D eigenvalue weighted by atomic mass is 19.1. The Morgan fingerprint density at radius 1 is 0.969 bits per heavy atom. The first-order valence-electron chi connectivity index (χ1n) is 10.9. The van der Waals surface area contributed by atoms with E-state index in [2.05, 4.69) is 16.7 Å². The van der Waals surface area contributed by atoms with Gasteiger partial charge in [0.15, 0.2) is 17.7 Å². The molecular weight excluding hydrogens is 407 g/mol. The average Bonchev–Trinajstić information content (AvgIpc) is 2.81. The molecule has 0 saturated carbocycles. The molecule has 1 aliphatic heterocycles. The van der Waals surface area contributed by atoms with Crippen molar-refractivity contribution in [2.45, 2.75) is 26.1 Å². The fourth-order valence-corrected chi connectivity index (χ4v) is 3.95. The Balaban J connectivity index is 1.74. The van der Waals surface area contributed by atoms with Gasteiger partial charge in [0.25, 0.3) is 0 Å². The lowest BCUT2D eigenvalue weighted by molar-refractivity contribution is -0.731. The van der Waals surface area contributed by atoms with E-state index in [0.717, 1.165) is 28.1 Å². The third-order valence-corrected chi connectivity index (χ3v) is 5.43. The summed E-state index contributed by atoms with van der Waals surface area (Å²) in [5.74, 6) is 1.10. The summed E-state index contributed by atoms with van der Waals surface area (Å²) in [5, 5.41) is 16.4. The molecule has 3 aromatic carbocycles. The highest BCUT2D eigenvalue weighted by Crippen LogP contribution is 2.35. The van der Waals surface area contributed by atoms with E-state index in [-0.39, 0.29) is 23.8 Å². The molecule has 1 aliphatic rings. The molecule has 0 aliphatic carbocycles. The van der Waals surface area contributed by atoms with Crippen molar-refractivity contribution < 1.29 is 24.3 Å². The van der Waals surface area contributed by atoms with Gasteiger partial charge in [-0.25, -0.2) is 4.39 Å². The second-order valence-electron chi connectivity index (χ2n) is 7.56. The van der Waals surface area contributed by atoms with E-state index < -0.39 is 0 Å². The highest BCUT2D eigenvalue weighted by Gasteiger charge is 2.30. The standard InChI is InChI=1S/C26H27FN2O3/c1-3-31-20-13-11-17(12-14-20)22-16-23(21-9-6-10-24(25(21)30)32-4-2)29-26(28-22)18-7-5-8-19(27)15-18/h5-16,23,26,28-30H,3-4H2,1-2H3/p+1. The molecule has 0 saturated heterocycles. The summed E-state index contributed by atoms with van der Waals surface area (Å²) in [6, 6.07) is 19.7. The van der Waals surface area contributed by atoms with Crippen LogP contribution in [0.1, 0.15) is 42.7 Å². The minimum atomic E-state index is -0.285. The lowest BCUT2D eigenvalue weighted by Crippen LogP contribution is -2.89. The van der Waals surface area contributed by atoms with Crippen LogP contribution in [0.5, 0.6) is 17.2 Å². The van der Waals surface area contributed by atoms with Crippen LogP contribution in [-0.2, 0) is 0 Å². The van der Waals surface area contributed by atoms with Crippen LogP contribution in [0.25, 0.3) is 5.70 Å². The molecule has 0 bridgehead atoms. The van der Waals surface area contributed by atoms with Crippen LogP contribution < -0.4 is 20.1 Å². The van der Waals surface area contributed by atoms with Crippen molar-refractivity contribution in [2.24, 2.45) is 0 Å². The number of halogens is 1. The molecule has 2 atom stereocenters. The topological polar surface area (TPSA) is 67.3 Å². The second-order valence-corrected chi connectivity index (χ2v) is 7.56. The van der Waals surface area contributed by atoms with Gasteiger partial charge in [0.2, 0.25) is 0 Å². The minimum absolute atomic E-state index is 0.123. The predicted octanol–water partition coefficient (Wildman–Crippen LogP) is 4.28. The molecule has 0 aromatic heterocycles. The van der Waals surface area contributed by atoms with Gasteiger partial charge in [0, 0.05) is 17.3 Å². The number of para-hydroxylation sites is 1. The number of nitrogens with one attached hydrogen (secondary N) is 1. The number of phenolic OH excluding ortho intramolecular Hbond substituents is 1. The van der Waals surface area contributed by atoms with Gasteiger partial charge in [0.1, 0.15) is 17.6 Å². The molecule has 2 unspecified atom stereocenters. The van der Waals surface area contributed by atoms with Gasteiger partial charge in [-0.05, 0) is 67.9 Å². The van der Waals surface area contributed by atoms with Gasteiger partial charge in [-0.15, -0.1) is 0 Å². The van der Waals surface area contributed by atoms with Crippen LogP contribution in [0, 0.1) is 5.82 Å². The number of benzene rings is 3. The smallest absolute Gasteiger partial charge is 0.186 e. The quantitative estimate of drug-likeness (QED) is 0.518. The SMILES string of the molecule is CCOc1ccc(C2=CC(c3cccc(OCC)c3O)[NH2+]C(c3cccc(F)c3)N2)cc1. The van der Waals surface area contributed by atoms with Gasteiger partial charge in [0.05, 0.1) is 18.8 Å². The van der Waals surface area contributed by atoms with Crippen molar-refractivity contribution in [2.75, 3.05) is 13.2 Å². The van der Waals surface area contributed by atoms with Crippen LogP contribution >= 0.6 is 0 Å². The van der Waals surface area contributed by atoms with Gasteiger partial charge in [-0.2, -0.15) is 0 Å². The van der Waals surface area contributed by atoms with Crippen molar-refractivity contribution in [1.82, 2.24) is 5.32 Å². The molecular formula is C26H28FN2O3+. The maximum Gasteiger partial charge on any atom is 0.186 e. The summed E-state index contributed by atoms with van der Waals surface area (Å²) in [7, 11) is 0. The monoisotopic (exact) mass is 435 g/mol. The van der Waals surface area contributed by atoms with Crippen LogP contribution in [0.2, 0.25) is 0 Å². The first-order chi connectivity index (χ1) is 15.6. The number of quaternary nitrogens is 1. The summed E-state index contributed by atoms with van der Waals surface area (Å²) in [4.78, 5) is 0. The van der Waals surface area contributed by atoms with Crippen molar-refractivity contribution in [3.63, 3.8) is 0 Å². The summed E-state index contributed by atoms with van der Waals surface area (Å²) in [5.41, 5.74) is 3.43. The Kier molecular flexibility index (Phi) is 6.61. The molecule has 3 aromatic rings. The first kappa shape index (κ1) is 21.7. The fraction of sp³-hybridized carbons (Fsp3) is 0.231. The second kappa shape index (κ2) is 9.75. The Bertz CT molecular complexity index is 1100. The Morgan fingerprint density at radius 2 is 1.72 bits per heavy atom. The zero-order chi connectivity index (χ0) is 22.5. The van der Waals surface area contributed by atoms with Gasteiger partial charge in [-0.3, -0.25) is 0 Å². The van der Waals surface area contributed by atoms with Crippen molar-refractivity contribution in [3.05, 3.63) is 95.3 Å². The van der Waals surface area contributed by atoms with Gasteiger partial charge in [-0.1, -0.05) is 18.2 Å². The molecule has 32 heavy (non-hydrogen) atoms. The lowest BCUT2D eigenvalue weighted by Gasteiger charge is -2.30. The van der Waals surface area contributed by atoms with E-state index in [4.69, 9.17) is 9.47 Å². The van der Waals surface area contributed by atoms with Crippen LogP contribution in [-0.4, -0.2) is 18.3 Å². The van der Waals surface area contributed by atoms with Crippen LogP contribution in [0.3, 0.4) is 0 Å². The minimum Gasteiger partial charge on any atom is -0.504 e. The number of phenols is 1. The number of rotatable bonds is 7. The largest absolute Gasteiger partial charge is 0.504 e. The van der Waals surface area contributed by atoms with E-state index >= 15 is 0 Å². The number of nitrogens with two attached hydrogens (primary N) is 1. The van der Waals surface area contributed by atoms with E-state index in [1.807, 2.05) is 56.3 Å². The molecule has 4 N–H and O–H groups in total. The van der Waals surface area contributed by atoms with Crippen LogP contribution in [0.4, 0.5) is 4.39 Å². The molecule has 0 radical (unpaired) electrons. The van der Waals surface area contributed by atoms with Crippen molar-refractivity contribution in [3.8, 4) is 17.2 Å². The van der Waals surface area contributed by atoms with Gasteiger partial charge < -0.3 is 25.2 Å². The van der Waals surface area contributed by atoms with Crippen molar-refractivity contribution in [1.29, 1.82) is 0 Å². The molecule has 5 nitrogen and oxygen atoms in total. The molecule has 0 fully saturated rings. The predicted molar refractivity (Wildman–Crippen MR) is 122 cm³/mol. The Labute approximate surface area is 187 Å². The molecule has 0 amide bonds. The molecule has 1 heterocycles. The average molecular weight is 436 g/mol. The number of aromatic hydroxyl groups is 1. The Morgan fingerprint density at radius 3 is 2.44 bits per heavy atom. The number of ether oxygens (including phenoxy) is 2. The van der Waals surface area contributed by atoms with E-state index in [1.165, 1.54) is 12.1 Å². The summed E-state index contributed by atoms with van der Waals surface area (Å²) < 4.78 is 25.1. The van der Waals surface area contributed by atoms with Gasteiger partial charge >= 0.3 is 0 Å². The Hall–Kier alpha value is -3.51. The fourth-order valence-electron chi connectivity index (χ4n) is 3.95. The first-order valence-corrected chi connectivity index (χ1v) is 10.9. The number of hydrogen-bond donors (Lipinski definition) is 3. The maximum absolute atomic E-state index is 14.0. The molecule has 4 rings (SSSR count). The zero-order valence-corrected chi connectivity index (χ0v) is 18.2. The van der Waals surface area contributed by atoms with E-state index in [9.17, 15) is 9.50 Å². The molecule has 166 valence electrons. The number of hydrogen-bond acceptors (Lipinski definition) is 4. The third-order valence-electron chi connectivity index (χ3n) is 5.43. The normalized spacial score (nSPS) is 17.9. The van der Waals surface area contributed by atoms with Crippen molar-refractivity contribution >= 4 is 5.70 Å². The molecule has 0 spiro atoms. The zero-order valence-electron chi connectivity index (χ0n) is 18.2. The maximum atomic E-state index is 14.0. The highest BCUT2D eigenvalue weighted by molar-refractivity contribution is 5.66. The summed E-state index contributed by atoms with van der Waals surface area (Å²) in [6.45, 7) is 4.90. The molecule has 6 heteroatoms. The lowest BCUT2D eigenvalue weighted by atomic mass is 9.97. The summed E-state index contributed by atoms with van der Waals surface area (Å²) >= 11 is 0. The summed E-state index contributed by atoms with van der Waals surface area (Å²) in [6.07, 6.45) is 1.83. The van der Waals surface area contributed by atoms with Crippen LogP contribution in [0.15, 0.2) is 72.8 Å².